The highest BCUT2D eigenvalue weighted by molar-refractivity contribution is 7.92. The summed E-state index contributed by atoms with van der Waals surface area (Å²) < 4.78 is 30.2. The maximum Gasteiger partial charge on any atom is 0.261 e. The number of likely N-dealkylation sites (tertiary alicyclic amines) is 1. The van der Waals surface area contributed by atoms with Gasteiger partial charge in [-0.2, -0.15) is 0 Å². The van der Waals surface area contributed by atoms with E-state index in [2.05, 4.69) is 22.3 Å². The number of ether oxygens (including phenoxy) is 1. The zero-order valence-corrected chi connectivity index (χ0v) is 19.9. The Morgan fingerprint density at radius 1 is 1.09 bits per heavy atom. The van der Waals surface area contributed by atoms with Crippen molar-refractivity contribution in [2.45, 2.75) is 45.4 Å². The molecule has 1 amide bonds. The van der Waals surface area contributed by atoms with Crippen molar-refractivity contribution in [1.82, 2.24) is 10.2 Å². The summed E-state index contributed by atoms with van der Waals surface area (Å²) >= 11 is 0. The molecule has 0 aromatic heterocycles. The smallest absolute Gasteiger partial charge is 0.261 e. The molecule has 1 aliphatic rings. The average molecular weight is 460 g/mol. The summed E-state index contributed by atoms with van der Waals surface area (Å²) in [4.78, 5) is 15.0. The zero-order valence-electron chi connectivity index (χ0n) is 19.1. The predicted octanol–water partition coefficient (Wildman–Crippen LogP) is 3.15. The summed E-state index contributed by atoms with van der Waals surface area (Å²) in [6.07, 6.45) is 4.33. The van der Waals surface area contributed by atoms with Crippen molar-refractivity contribution in [3.05, 3.63) is 59.7 Å². The first-order valence-corrected chi connectivity index (χ1v) is 12.9. The Bertz CT molecular complexity index is 1000. The normalized spacial score (nSPS) is 15.7. The summed E-state index contributed by atoms with van der Waals surface area (Å²) in [5.74, 6) is 0.297. The van der Waals surface area contributed by atoms with E-state index in [1.54, 1.807) is 31.2 Å². The Hall–Kier alpha value is -2.58. The summed E-state index contributed by atoms with van der Waals surface area (Å²) in [7, 11) is -1.84. The molecule has 1 atom stereocenters. The van der Waals surface area contributed by atoms with E-state index in [1.165, 1.54) is 36.2 Å². The molecule has 7 nitrogen and oxygen atoms in total. The molecule has 0 saturated carbocycles. The Morgan fingerprint density at radius 3 is 2.41 bits per heavy atom. The van der Waals surface area contributed by atoms with Gasteiger partial charge in [0.05, 0.1) is 11.9 Å². The highest BCUT2D eigenvalue weighted by Gasteiger charge is 2.16. The second-order valence-corrected chi connectivity index (χ2v) is 10.4. The molecule has 3 rings (SSSR count). The molecular weight excluding hydrogens is 426 g/mol. The largest absolute Gasteiger partial charge is 0.481 e. The van der Waals surface area contributed by atoms with Gasteiger partial charge in [0.25, 0.3) is 5.91 Å². The minimum atomic E-state index is -3.32. The molecule has 174 valence electrons. The van der Waals surface area contributed by atoms with Crippen LogP contribution in [-0.2, 0) is 27.9 Å². The van der Waals surface area contributed by atoms with Gasteiger partial charge in [0, 0.05) is 20.1 Å². The van der Waals surface area contributed by atoms with Crippen LogP contribution >= 0.6 is 0 Å². The summed E-state index contributed by atoms with van der Waals surface area (Å²) in [5.41, 5.74) is 2.86. The lowest BCUT2D eigenvalue weighted by Crippen LogP contribution is -2.36. The Balaban J connectivity index is 1.50. The van der Waals surface area contributed by atoms with Crippen molar-refractivity contribution in [3.8, 4) is 5.75 Å². The van der Waals surface area contributed by atoms with Crippen LogP contribution in [0.1, 0.15) is 37.3 Å². The molecule has 2 aromatic rings. The fourth-order valence-corrected chi connectivity index (χ4v) is 4.24. The van der Waals surface area contributed by atoms with Crippen molar-refractivity contribution >= 4 is 21.6 Å². The van der Waals surface area contributed by atoms with Crippen LogP contribution < -0.4 is 14.4 Å². The van der Waals surface area contributed by atoms with Gasteiger partial charge >= 0.3 is 0 Å². The van der Waals surface area contributed by atoms with Crippen LogP contribution in [-0.4, -0.2) is 51.7 Å². The molecule has 8 heteroatoms. The van der Waals surface area contributed by atoms with Crippen molar-refractivity contribution in [2.24, 2.45) is 0 Å². The third-order valence-electron chi connectivity index (χ3n) is 5.69. The summed E-state index contributed by atoms with van der Waals surface area (Å²) in [6.45, 7) is 5.39. The molecule has 1 N–H and O–H groups in total. The number of amides is 1. The van der Waals surface area contributed by atoms with Gasteiger partial charge in [-0.1, -0.05) is 30.7 Å². The highest BCUT2D eigenvalue weighted by atomic mass is 32.2. The van der Waals surface area contributed by atoms with Gasteiger partial charge in [0.1, 0.15) is 5.75 Å². The van der Waals surface area contributed by atoms with E-state index in [1.807, 2.05) is 12.1 Å². The van der Waals surface area contributed by atoms with E-state index >= 15 is 0 Å². The van der Waals surface area contributed by atoms with Gasteiger partial charge < -0.3 is 10.1 Å². The standard InChI is InChI=1S/C24H33N3O4S/c1-19(31-23-12-10-22(11-13-23)26(2)32(3,29)30)24(28)25-17-20-8-7-9-21(16-20)18-27-14-5-4-6-15-27/h7-13,16,19H,4-6,14-15,17-18H2,1-3H3,(H,25,28). The van der Waals surface area contributed by atoms with Gasteiger partial charge in [-0.15, -0.1) is 0 Å². The molecule has 2 aromatic carbocycles. The number of hydrogen-bond donors (Lipinski definition) is 1. The van der Waals surface area contributed by atoms with Gasteiger partial charge in [-0.05, 0) is 68.2 Å². The van der Waals surface area contributed by atoms with Crippen LogP contribution in [0.15, 0.2) is 48.5 Å². The van der Waals surface area contributed by atoms with E-state index in [0.29, 0.717) is 18.0 Å². The first-order chi connectivity index (χ1) is 15.2. The number of nitrogens with one attached hydrogen (secondary N) is 1. The van der Waals surface area contributed by atoms with Crippen molar-refractivity contribution in [1.29, 1.82) is 0 Å². The van der Waals surface area contributed by atoms with Gasteiger partial charge in [0.15, 0.2) is 6.10 Å². The van der Waals surface area contributed by atoms with E-state index < -0.39 is 16.1 Å². The molecule has 0 aliphatic carbocycles. The number of piperidine rings is 1. The third-order valence-corrected chi connectivity index (χ3v) is 6.90. The van der Waals surface area contributed by atoms with Crippen molar-refractivity contribution in [2.75, 3.05) is 30.7 Å². The molecule has 0 bridgehead atoms. The number of nitrogens with zero attached hydrogens (tertiary/aromatic N) is 2. The molecule has 1 aliphatic heterocycles. The quantitative estimate of drug-likeness (QED) is 0.623. The van der Waals surface area contributed by atoms with Crippen LogP contribution in [0, 0.1) is 0 Å². The molecule has 32 heavy (non-hydrogen) atoms. The number of anilines is 1. The monoisotopic (exact) mass is 459 g/mol. The summed E-state index contributed by atoms with van der Waals surface area (Å²) in [6, 6.07) is 15.0. The van der Waals surface area contributed by atoms with Crippen molar-refractivity contribution < 1.29 is 17.9 Å². The Kier molecular flexibility index (Phi) is 8.15. The second-order valence-electron chi connectivity index (χ2n) is 8.36. The maximum absolute atomic E-state index is 12.5. The first kappa shape index (κ1) is 24.1. The lowest BCUT2D eigenvalue weighted by Gasteiger charge is -2.26. The van der Waals surface area contributed by atoms with Gasteiger partial charge in [0.2, 0.25) is 10.0 Å². The number of carbonyl (C=O) groups is 1. The molecule has 1 unspecified atom stereocenters. The van der Waals surface area contributed by atoms with Crippen LogP contribution in [0.5, 0.6) is 5.75 Å². The lowest BCUT2D eigenvalue weighted by molar-refractivity contribution is -0.127. The predicted molar refractivity (Wildman–Crippen MR) is 127 cm³/mol. The fraction of sp³-hybridized carbons (Fsp3) is 0.458. The van der Waals surface area contributed by atoms with Crippen LogP contribution in [0.25, 0.3) is 0 Å². The summed E-state index contributed by atoms with van der Waals surface area (Å²) in [5, 5.41) is 2.93. The van der Waals surface area contributed by atoms with E-state index in [9.17, 15) is 13.2 Å². The molecule has 0 spiro atoms. The number of hydrogen-bond acceptors (Lipinski definition) is 5. The zero-order chi connectivity index (χ0) is 23.1. The fourth-order valence-electron chi connectivity index (χ4n) is 3.73. The molecule has 1 fully saturated rings. The number of sulfonamides is 1. The average Bonchev–Trinajstić information content (AvgIpc) is 2.78. The van der Waals surface area contributed by atoms with Crippen LogP contribution in [0.3, 0.4) is 0 Å². The Labute approximate surface area is 191 Å². The van der Waals surface area contributed by atoms with Crippen LogP contribution in [0.2, 0.25) is 0 Å². The highest BCUT2D eigenvalue weighted by Crippen LogP contribution is 2.21. The molecular formula is C24H33N3O4S. The van der Waals surface area contributed by atoms with Crippen LogP contribution in [0.4, 0.5) is 5.69 Å². The molecule has 1 heterocycles. The topological polar surface area (TPSA) is 78.9 Å². The number of rotatable bonds is 9. The van der Waals surface area contributed by atoms with E-state index in [-0.39, 0.29) is 5.91 Å². The second kappa shape index (κ2) is 10.8. The Morgan fingerprint density at radius 2 is 1.75 bits per heavy atom. The molecule has 1 saturated heterocycles. The third kappa shape index (κ3) is 6.97. The number of benzene rings is 2. The van der Waals surface area contributed by atoms with Crippen molar-refractivity contribution in [3.63, 3.8) is 0 Å². The van der Waals surface area contributed by atoms with Gasteiger partial charge in [-0.3, -0.25) is 14.0 Å². The SMILES string of the molecule is CC(Oc1ccc(N(C)S(C)(=O)=O)cc1)C(=O)NCc1cccc(CN2CCCCC2)c1. The molecule has 0 radical (unpaired) electrons. The minimum Gasteiger partial charge on any atom is -0.481 e. The minimum absolute atomic E-state index is 0.205. The lowest BCUT2D eigenvalue weighted by atomic mass is 10.1. The van der Waals surface area contributed by atoms with E-state index in [0.717, 1.165) is 31.5 Å². The van der Waals surface area contributed by atoms with E-state index in [4.69, 9.17) is 4.74 Å². The first-order valence-electron chi connectivity index (χ1n) is 11.0. The van der Waals surface area contributed by atoms with Gasteiger partial charge in [-0.25, -0.2) is 8.42 Å². The number of carbonyl (C=O) groups excluding carboxylic acids is 1. The maximum atomic E-state index is 12.5.